The third-order valence-corrected chi connectivity index (χ3v) is 5.01. The smallest absolute Gasteiger partial charge is 0.335 e. The second-order valence-electron chi connectivity index (χ2n) is 4.82. The minimum atomic E-state index is -3.68. The lowest BCUT2D eigenvalue weighted by atomic mass is 10.0. The summed E-state index contributed by atoms with van der Waals surface area (Å²) in [5.41, 5.74) is 0.505. The number of aromatic carboxylic acids is 1. The number of rotatable bonds is 7. The quantitative estimate of drug-likeness (QED) is 0.810. The van der Waals surface area contributed by atoms with Gasteiger partial charge in [0.15, 0.2) is 0 Å². The fourth-order valence-electron chi connectivity index (χ4n) is 1.91. The van der Waals surface area contributed by atoms with E-state index in [4.69, 9.17) is 5.11 Å². The topological polar surface area (TPSA) is 83.5 Å². The average molecular weight is 299 g/mol. The average Bonchev–Trinajstić information content (AvgIpc) is 2.39. The summed E-state index contributed by atoms with van der Waals surface area (Å²) in [6.07, 6.45) is 1.79. The molecule has 5 nitrogen and oxygen atoms in total. The van der Waals surface area contributed by atoms with Crippen LogP contribution in [-0.2, 0) is 10.0 Å². The van der Waals surface area contributed by atoms with Crippen molar-refractivity contribution in [3.05, 3.63) is 29.3 Å². The number of carboxylic acids is 1. The molecule has 6 heteroatoms. The molecule has 0 saturated heterocycles. The van der Waals surface area contributed by atoms with E-state index >= 15 is 0 Å². The lowest BCUT2D eigenvalue weighted by Gasteiger charge is -2.15. The first-order chi connectivity index (χ1) is 9.31. The predicted molar refractivity (Wildman–Crippen MR) is 77.4 cm³/mol. The SMILES string of the molecule is CCC(CC)CNS(=O)(=O)c1cc(C(=O)O)ccc1C. The van der Waals surface area contributed by atoms with Gasteiger partial charge in [-0.25, -0.2) is 17.9 Å². The van der Waals surface area contributed by atoms with Crippen molar-refractivity contribution in [1.29, 1.82) is 0 Å². The van der Waals surface area contributed by atoms with E-state index in [2.05, 4.69) is 4.72 Å². The molecule has 0 unspecified atom stereocenters. The molecule has 112 valence electrons. The second kappa shape index (κ2) is 6.85. The molecular weight excluding hydrogens is 278 g/mol. The van der Waals surface area contributed by atoms with Crippen LogP contribution in [0.3, 0.4) is 0 Å². The van der Waals surface area contributed by atoms with Gasteiger partial charge in [0.1, 0.15) is 0 Å². The summed E-state index contributed by atoms with van der Waals surface area (Å²) < 4.78 is 27.1. The van der Waals surface area contributed by atoms with Crippen LogP contribution in [0.1, 0.15) is 42.6 Å². The van der Waals surface area contributed by atoms with Crippen LogP contribution >= 0.6 is 0 Å². The molecule has 0 fully saturated rings. The molecular formula is C14H21NO4S. The zero-order valence-electron chi connectivity index (χ0n) is 12.0. The van der Waals surface area contributed by atoms with Gasteiger partial charge in [0.25, 0.3) is 0 Å². The summed E-state index contributed by atoms with van der Waals surface area (Å²) >= 11 is 0. The lowest BCUT2D eigenvalue weighted by molar-refractivity contribution is 0.0696. The molecule has 0 aliphatic rings. The standard InChI is InChI=1S/C14H21NO4S/c1-4-11(5-2)9-15-20(18,19)13-8-12(14(16)17)7-6-10(13)3/h6-8,11,15H,4-5,9H2,1-3H3,(H,16,17). The van der Waals surface area contributed by atoms with E-state index in [1.165, 1.54) is 18.2 Å². The van der Waals surface area contributed by atoms with Gasteiger partial charge in [-0.1, -0.05) is 32.8 Å². The van der Waals surface area contributed by atoms with Gasteiger partial charge in [-0.05, 0) is 30.5 Å². The number of aryl methyl sites for hydroxylation is 1. The zero-order chi connectivity index (χ0) is 15.3. The molecule has 0 saturated carbocycles. The molecule has 0 aromatic heterocycles. The first-order valence-corrected chi connectivity index (χ1v) is 8.13. The molecule has 0 heterocycles. The Hall–Kier alpha value is -1.40. The fourth-order valence-corrected chi connectivity index (χ4v) is 3.29. The molecule has 2 N–H and O–H groups in total. The van der Waals surface area contributed by atoms with E-state index < -0.39 is 16.0 Å². The lowest BCUT2D eigenvalue weighted by Crippen LogP contribution is -2.29. The Labute approximate surface area is 120 Å². The Morgan fingerprint density at radius 2 is 1.90 bits per heavy atom. The fraction of sp³-hybridized carbons (Fsp3) is 0.500. The third kappa shape index (κ3) is 4.05. The van der Waals surface area contributed by atoms with Gasteiger partial charge in [0, 0.05) is 6.54 Å². The monoisotopic (exact) mass is 299 g/mol. The molecule has 0 radical (unpaired) electrons. The highest BCUT2D eigenvalue weighted by Gasteiger charge is 2.19. The van der Waals surface area contributed by atoms with Gasteiger partial charge in [0.05, 0.1) is 10.5 Å². The summed E-state index contributed by atoms with van der Waals surface area (Å²) in [5, 5.41) is 8.94. The number of hydrogen-bond acceptors (Lipinski definition) is 3. The maximum atomic E-state index is 12.3. The molecule has 0 atom stereocenters. The third-order valence-electron chi connectivity index (χ3n) is 3.44. The minimum absolute atomic E-state index is 0.0292. The minimum Gasteiger partial charge on any atom is -0.478 e. The van der Waals surface area contributed by atoms with Crippen LogP contribution in [0.2, 0.25) is 0 Å². The normalized spacial score (nSPS) is 11.8. The van der Waals surface area contributed by atoms with Crippen LogP contribution in [0.4, 0.5) is 0 Å². The van der Waals surface area contributed by atoms with E-state index in [9.17, 15) is 13.2 Å². The van der Waals surface area contributed by atoms with E-state index in [0.717, 1.165) is 12.8 Å². The molecule has 20 heavy (non-hydrogen) atoms. The van der Waals surface area contributed by atoms with Crippen LogP contribution in [-0.4, -0.2) is 26.0 Å². The van der Waals surface area contributed by atoms with Gasteiger partial charge in [-0.2, -0.15) is 0 Å². The Kier molecular flexibility index (Phi) is 5.71. The summed E-state index contributed by atoms with van der Waals surface area (Å²) in [6, 6.07) is 4.11. The van der Waals surface area contributed by atoms with Crippen molar-refractivity contribution in [2.75, 3.05) is 6.54 Å². The van der Waals surface area contributed by atoms with Crippen molar-refractivity contribution in [2.24, 2.45) is 5.92 Å². The molecule has 1 aromatic rings. The van der Waals surface area contributed by atoms with Crippen molar-refractivity contribution in [2.45, 2.75) is 38.5 Å². The second-order valence-corrected chi connectivity index (χ2v) is 6.56. The van der Waals surface area contributed by atoms with Gasteiger partial charge in [0.2, 0.25) is 10.0 Å². The van der Waals surface area contributed by atoms with Crippen LogP contribution in [0.15, 0.2) is 23.1 Å². The van der Waals surface area contributed by atoms with Crippen molar-refractivity contribution in [3.8, 4) is 0 Å². The molecule has 1 aromatic carbocycles. The van der Waals surface area contributed by atoms with E-state index in [1.807, 2.05) is 13.8 Å². The Balaban J connectivity index is 3.03. The Morgan fingerprint density at radius 3 is 2.40 bits per heavy atom. The Bertz CT molecular complexity index is 577. The Morgan fingerprint density at radius 1 is 1.30 bits per heavy atom. The van der Waals surface area contributed by atoms with Crippen molar-refractivity contribution >= 4 is 16.0 Å². The molecule has 0 aliphatic carbocycles. The molecule has 0 bridgehead atoms. The maximum absolute atomic E-state index is 12.3. The van der Waals surface area contributed by atoms with Crippen LogP contribution < -0.4 is 4.72 Å². The zero-order valence-corrected chi connectivity index (χ0v) is 12.8. The van der Waals surface area contributed by atoms with Gasteiger partial charge < -0.3 is 5.11 Å². The van der Waals surface area contributed by atoms with Gasteiger partial charge >= 0.3 is 5.97 Å². The van der Waals surface area contributed by atoms with Crippen molar-refractivity contribution in [3.63, 3.8) is 0 Å². The molecule has 1 rings (SSSR count). The summed E-state index contributed by atoms with van der Waals surface area (Å²) in [6.45, 7) is 6.04. The highest BCUT2D eigenvalue weighted by molar-refractivity contribution is 7.89. The summed E-state index contributed by atoms with van der Waals surface area (Å²) in [5.74, 6) is -0.853. The van der Waals surface area contributed by atoms with Crippen molar-refractivity contribution in [1.82, 2.24) is 4.72 Å². The molecule has 0 aliphatic heterocycles. The van der Waals surface area contributed by atoms with E-state index in [1.54, 1.807) is 6.92 Å². The number of nitrogens with one attached hydrogen (secondary N) is 1. The number of sulfonamides is 1. The van der Waals surface area contributed by atoms with E-state index in [0.29, 0.717) is 12.1 Å². The van der Waals surface area contributed by atoms with Gasteiger partial charge in [-0.15, -0.1) is 0 Å². The summed E-state index contributed by atoms with van der Waals surface area (Å²) in [7, 11) is -3.68. The number of hydrogen-bond donors (Lipinski definition) is 2. The summed E-state index contributed by atoms with van der Waals surface area (Å²) in [4.78, 5) is 11.0. The maximum Gasteiger partial charge on any atom is 0.335 e. The van der Waals surface area contributed by atoms with Crippen LogP contribution in [0.25, 0.3) is 0 Å². The van der Waals surface area contributed by atoms with Crippen LogP contribution in [0, 0.1) is 12.8 Å². The molecule has 0 amide bonds. The van der Waals surface area contributed by atoms with Crippen LogP contribution in [0.5, 0.6) is 0 Å². The first-order valence-electron chi connectivity index (χ1n) is 6.65. The van der Waals surface area contributed by atoms with Gasteiger partial charge in [-0.3, -0.25) is 0 Å². The molecule has 0 spiro atoms. The number of benzene rings is 1. The number of carbonyl (C=O) groups is 1. The number of carboxylic acid groups (broad SMARTS) is 1. The van der Waals surface area contributed by atoms with Crippen molar-refractivity contribution < 1.29 is 18.3 Å². The first kappa shape index (κ1) is 16.7. The predicted octanol–water partition coefficient (Wildman–Crippen LogP) is 2.41. The largest absolute Gasteiger partial charge is 0.478 e. The highest BCUT2D eigenvalue weighted by Crippen LogP contribution is 2.18. The van der Waals surface area contributed by atoms with E-state index in [-0.39, 0.29) is 16.4 Å². The highest BCUT2D eigenvalue weighted by atomic mass is 32.2.